The molecule has 1 unspecified atom stereocenters. The molecule has 4 nitrogen and oxygen atoms in total. The molecule has 2 aromatic rings. The normalized spacial score (nSPS) is 24.6. The molecule has 3 heterocycles. The van der Waals surface area contributed by atoms with Crippen molar-refractivity contribution in [1.29, 1.82) is 0 Å². The smallest absolute Gasteiger partial charge is 0.159 e. The van der Waals surface area contributed by atoms with Gasteiger partial charge >= 0.3 is 0 Å². The van der Waals surface area contributed by atoms with Gasteiger partial charge < -0.3 is 4.74 Å². The number of aromatic nitrogens is 2. The van der Waals surface area contributed by atoms with Gasteiger partial charge in [-0.25, -0.2) is 14.4 Å². The van der Waals surface area contributed by atoms with E-state index in [2.05, 4.69) is 14.9 Å². The van der Waals surface area contributed by atoms with E-state index in [1.807, 2.05) is 6.07 Å². The third-order valence-corrected chi connectivity index (χ3v) is 4.77. The predicted molar refractivity (Wildman–Crippen MR) is 80.6 cm³/mol. The lowest BCUT2D eigenvalue weighted by atomic mass is 9.84. The molecule has 0 N–H and O–H groups in total. The fourth-order valence-corrected chi connectivity index (χ4v) is 3.29. The maximum absolute atomic E-state index is 13.0. The van der Waals surface area contributed by atoms with Crippen molar-refractivity contribution in [2.45, 2.75) is 24.9 Å². The molecule has 4 rings (SSSR count). The first-order valence-electron chi connectivity index (χ1n) is 7.66. The van der Waals surface area contributed by atoms with Crippen molar-refractivity contribution in [2.24, 2.45) is 0 Å². The second kappa shape index (κ2) is 5.41. The molecular formula is C17H18FN3O. The average Bonchev–Trinajstić information content (AvgIpc) is 3.05. The van der Waals surface area contributed by atoms with Gasteiger partial charge in [0.1, 0.15) is 5.82 Å². The van der Waals surface area contributed by atoms with Crippen molar-refractivity contribution < 1.29 is 9.13 Å². The van der Waals surface area contributed by atoms with Gasteiger partial charge in [-0.3, -0.25) is 4.90 Å². The Kier molecular flexibility index (Phi) is 3.39. The van der Waals surface area contributed by atoms with E-state index in [-0.39, 0.29) is 11.4 Å². The maximum atomic E-state index is 13.0. The molecule has 0 bridgehead atoms. The lowest BCUT2D eigenvalue weighted by molar-refractivity contribution is -0.0283. The summed E-state index contributed by atoms with van der Waals surface area (Å²) in [5, 5.41) is 0. The lowest BCUT2D eigenvalue weighted by Crippen LogP contribution is -2.59. The van der Waals surface area contributed by atoms with Crippen LogP contribution in [-0.2, 0) is 11.3 Å². The predicted octanol–water partition coefficient (Wildman–Crippen LogP) is 2.65. The van der Waals surface area contributed by atoms with E-state index in [0.29, 0.717) is 5.82 Å². The van der Waals surface area contributed by atoms with Crippen LogP contribution in [0.1, 0.15) is 18.5 Å². The Hall–Kier alpha value is -1.85. The van der Waals surface area contributed by atoms with Gasteiger partial charge in [-0.1, -0.05) is 0 Å². The molecule has 2 aliphatic heterocycles. The average molecular weight is 299 g/mol. The van der Waals surface area contributed by atoms with E-state index < -0.39 is 0 Å². The zero-order chi connectivity index (χ0) is 15.0. The Morgan fingerprint density at radius 3 is 2.73 bits per heavy atom. The van der Waals surface area contributed by atoms with Gasteiger partial charge in [0.15, 0.2) is 5.82 Å². The first-order chi connectivity index (χ1) is 10.8. The molecule has 1 aromatic heterocycles. The van der Waals surface area contributed by atoms with Crippen LogP contribution in [0, 0.1) is 5.82 Å². The van der Waals surface area contributed by atoms with E-state index in [1.165, 1.54) is 18.6 Å². The second-order valence-corrected chi connectivity index (χ2v) is 6.08. The number of nitrogens with zero attached hydrogens (tertiary/aromatic N) is 3. The van der Waals surface area contributed by atoms with Crippen LogP contribution in [0.4, 0.5) is 4.39 Å². The molecule has 1 atom stereocenters. The molecule has 22 heavy (non-hydrogen) atoms. The molecule has 1 aromatic carbocycles. The fraction of sp³-hybridized carbons (Fsp3) is 0.412. The second-order valence-electron chi connectivity index (χ2n) is 6.08. The van der Waals surface area contributed by atoms with Crippen LogP contribution >= 0.6 is 0 Å². The summed E-state index contributed by atoms with van der Waals surface area (Å²) in [6.45, 7) is 3.61. The summed E-state index contributed by atoms with van der Waals surface area (Å²) >= 11 is 0. The first kappa shape index (κ1) is 13.8. The summed E-state index contributed by atoms with van der Waals surface area (Å²) in [6, 6.07) is 8.25. The number of likely N-dealkylation sites (tertiary alicyclic amines) is 1. The van der Waals surface area contributed by atoms with Gasteiger partial charge in [0.05, 0.1) is 12.3 Å². The molecule has 2 aliphatic rings. The molecule has 114 valence electrons. The molecule has 1 spiro atoms. The largest absolute Gasteiger partial charge is 0.379 e. The van der Waals surface area contributed by atoms with Crippen molar-refractivity contribution in [1.82, 2.24) is 14.9 Å². The number of benzene rings is 1. The van der Waals surface area contributed by atoms with Crippen LogP contribution < -0.4 is 0 Å². The molecule has 5 heteroatoms. The van der Waals surface area contributed by atoms with Crippen LogP contribution in [0.3, 0.4) is 0 Å². The van der Waals surface area contributed by atoms with E-state index in [4.69, 9.17) is 4.74 Å². The monoisotopic (exact) mass is 299 g/mol. The SMILES string of the molecule is Fc1ccc(-c2nccc(CN3CCC34CCOC4)n2)cc1. The van der Waals surface area contributed by atoms with E-state index in [0.717, 1.165) is 44.0 Å². The van der Waals surface area contributed by atoms with Crippen molar-refractivity contribution in [3.8, 4) is 11.4 Å². The van der Waals surface area contributed by atoms with Crippen LogP contribution in [0.15, 0.2) is 36.5 Å². The van der Waals surface area contributed by atoms with Crippen LogP contribution in [-0.4, -0.2) is 40.2 Å². The Balaban J connectivity index is 1.53. The van der Waals surface area contributed by atoms with Crippen molar-refractivity contribution in [2.75, 3.05) is 19.8 Å². The zero-order valence-corrected chi connectivity index (χ0v) is 12.3. The Labute approximate surface area is 129 Å². The topological polar surface area (TPSA) is 38.2 Å². The number of halogens is 1. The summed E-state index contributed by atoms with van der Waals surface area (Å²) in [4.78, 5) is 11.4. The van der Waals surface area contributed by atoms with Crippen molar-refractivity contribution >= 4 is 0 Å². The highest BCUT2D eigenvalue weighted by atomic mass is 19.1. The van der Waals surface area contributed by atoms with Gasteiger partial charge in [0, 0.05) is 37.0 Å². The van der Waals surface area contributed by atoms with E-state index in [9.17, 15) is 4.39 Å². The molecule has 0 aliphatic carbocycles. The number of ether oxygens (including phenoxy) is 1. The quantitative estimate of drug-likeness (QED) is 0.873. The fourth-order valence-electron chi connectivity index (χ4n) is 3.29. The highest BCUT2D eigenvalue weighted by Crippen LogP contribution is 2.38. The summed E-state index contributed by atoms with van der Waals surface area (Å²) in [5.41, 5.74) is 2.08. The Bertz CT molecular complexity index is 668. The molecule has 0 amide bonds. The molecular weight excluding hydrogens is 281 g/mol. The first-order valence-corrected chi connectivity index (χ1v) is 7.66. The van der Waals surface area contributed by atoms with E-state index in [1.54, 1.807) is 18.3 Å². The van der Waals surface area contributed by atoms with Gasteiger partial charge in [-0.15, -0.1) is 0 Å². The summed E-state index contributed by atoms with van der Waals surface area (Å²) in [6.07, 6.45) is 4.10. The molecule has 2 fully saturated rings. The van der Waals surface area contributed by atoms with Gasteiger partial charge in [0.2, 0.25) is 0 Å². The highest BCUT2D eigenvalue weighted by Gasteiger charge is 2.47. The van der Waals surface area contributed by atoms with Gasteiger partial charge in [0.25, 0.3) is 0 Å². The number of hydrogen-bond donors (Lipinski definition) is 0. The minimum atomic E-state index is -0.247. The number of rotatable bonds is 3. The third-order valence-electron chi connectivity index (χ3n) is 4.77. The van der Waals surface area contributed by atoms with Gasteiger partial charge in [-0.05, 0) is 43.2 Å². The Morgan fingerprint density at radius 2 is 2.05 bits per heavy atom. The summed E-state index contributed by atoms with van der Waals surface area (Å²) in [5.74, 6) is 0.401. The third kappa shape index (κ3) is 2.40. The standard InChI is InChI=1S/C17H18FN3O/c18-14-3-1-13(2-4-14)16-19-8-5-15(20-16)11-21-9-6-17(21)7-10-22-12-17/h1-5,8H,6-7,9-12H2. The molecule has 0 saturated carbocycles. The van der Waals surface area contributed by atoms with Gasteiger partial charge in [-0.2, -0.15) is 0 Å². The molecule has 2 saturated heterocycles. The summed E-state index contributed by atoms with van der Waals surface area (Å²) in [7, 11) is 0. The lowest BCUT2D eigenvalue weighted by Gasteiger charge is -2.49. The van der Waals surface area contributed by atoms with E-state index >= 15 is 0 Å². The molecule has 0 radical (unpaired) electrons. The van der Waals surface area contributed by atoms with Crippen LogP contribution in [0.25, 0.3) is 11.4 Å². The minimum Gasteiger partial charge on any atom is -0.379 e. The zero-order valence-electron chi connectivity index (χ0n) is 12.3. The summed E-state index contributed by atoms with van der Waals surface area (Å²) < 4.78 is 18.6. The maximum Gasteiger partial charge on any atom is 0.159 e. The van der Waals surface area contributed by atoms with Crippen molar-refractivity contribution in [3.63, 3.8) is 0 Å². The van der Waals surface area contributed by atoms with Crippen LogP contribution in [0.5, 0.6) is 0 Å². The highest BCUT2D eigenvalue weighted by molar-refractivity contribution is 5.54. The number of hydrogen-bond acceptors (Lipinski definition) is 4. The minimum absolute atomic E-state index is 0.237. The van der Waals surface area contributed by atoms with Crippen LogP contribution in [0.2, 0.25) is 0 Å². The Morgan fingerprint density at radius 1 is 1.18 bits per heavy atom. The van der Waals surface area contributed by atoms with Crippen molar-refractivity contribution in [3.05, 3.63) is 48.0 Å².